The van der Waals surface area contributed by atoms with E-state index in [1.165, 1.54) is 0 Å². The van der Waals surface area contributed by atoms with Crippen LogP contribution in [0.1, 0.15) is 5.69 Å². The van der Waals surface area contributed by atoms with Crippen LogP contribution in [0.25, 0.3) is 5.52 Å². The van der Waals surface area contributed by atoms with Gasteiger partial charge in [-0.1, -0.05) is 6.07 Å². The van der Waals surface area contributed by atoms with Crippen molar-refractivity contribution in [3.05, 3.63) is 36.2 Å². The van der Waals surface area contributed by atoms with Gasteiger partial charge in [0.2, 0.25) is 0 Å². The van der Waals surface area contributed by atoms with Crippen molar-refractivity contribution in [3.8, 4) is 6.07 Å². The summed E-state index contributed by atoms with van der Waals surface area (Å²) in [5.74, 6) is 0. The van der Waals surface area contributed by atoms with Gasteiger partial charge in [-0.3, -0.25) is 0 Å². The Morgan fingerprint density at radius 1 is 1.46 bits per heavy atom. The molecule has 0 N–H and O–H groups in total. The maximum absolute atomic E-state index is 8.95. The number of aromatic nitrogens is 1. The summed E-state index contributed by atoms with van der Waals surface area (Å²) in [6, 6.07) is 10.1. The van der Waals surface area contributed by atoms with Gasteiger partial charge < -0.3 is 4.40 Å². The van der Waals surface area contributed by atoms with Crippen LogP contribution in [0.4, 0.5) is 0 Å². The maximum Gasteiger partial charge on any atom is 0.138 e. The number of rotatable bonds is 1. The quantitative estimate of drug-likeness (QED) is 0.643. The molecule has 0 amide bonds. The minimum Gasteiger partial charge on any atom is -0.307 e. The van der Waals surface area contributed by atoms with Crippen LogP contribution in [0.3, 0.4) is 0 Å². The average Bonchev–Trinajstić information content (AvgIpc) is 2.55. The Bertz CT molecular complexity index is 479. The molecule has 0 bridgehead atoms. The molecule has 2 heterocycles. The zero-order valence-electron chi connectivity index (χ0n) is 7.19. The van der Waals surface area contributed by atoms with E-state index in [0.717, 1.165) is 16.1 Å². The molecule has 13 heavy (non-hydrogen) atoms. The SMILES string of the molecule is CSc1cc2ccccn2c1C#N. The molecule has 0 radical (unpaired) electrons. The predicted molar refractivity (Wildman–Crippen MR) is 53.9 cm³/mol. The van der Waals surface area contributed by atoms with Crippen LogP contribution >= 0.6 is 11.8 Å². The van der Waals surface area contributed by atoms with Crippen molar-refractivity contribution in [2.75, 3.05) is 6.26 Å². The molecule has 2 rings (SSSR count). The van der Waals surface area contributed by atoms with Gasteiger partial charge in [-0.2, -0.15) is 5.26 Å². The van der Waals surface area contributed by atoms with Crippen molar-refractivity contribution >= 4 is 17.3 Å². The Morgan fingerprint density at radius 2 is 2.31 bits per heavy atom. The molecule has 2 nitrogen and oxygen atoms in total. The van der Waals surface area contributed by atoms with E-state index in [1.54, 1.807) is 11.8 Å². The van der Waals surface area contributed by atoms with Gasteiger partial charge in [0.1, 0.15) is 11.8 Å². The van der Waals surface area contributed by atoms with E-state index in [0.29, 0.717) is 0 Å². The summed E-state index contributed by atoms with van der Waals surface area (Å²) in [4.78, 5) is 1.04. The van der Waals surface area contributed by atoms with Crippen molar-refractivity contribution < 1.29 is 0 Å². The van der Waals surface area contributed by atoms with Crippen LogP contribution < -0.4 is 0 Å². The molecular formula is C10H8N2S. The van der Waals surface area contributed by atoms with Gasteiger partial charge in [0, 0.05) is 16.6 Å². The number of hydrogen-bond acceptors (Lipinski definition) is 2. The van der Waals surface area contributed by atoms with Gasteiger partial charge in [-0.15, -0.1) is 11.8 Å². The van der Waals surface area contributed by atoms with Crippen LogP contribution in [0.2, 0.25) is 0 Å². The van der Waals surface area contributed by atoms with E-state index < -0.39 is 0 Å². The Morgan fingerprint density at radius 3 is 3.00 bits per heavy atom. The third kappa shape index (κ3) is 1.20. The van der Waals surface area contributed by atoms with Gasteiger partial charge in [-0.25, -0.2) is 0 Å². The van der Waals surface area contributed by atoms with E-state index in [1.807, 2.05) is 41.1 Å². The van der Waals surface area contributed by atoms with Gasteiger partial charge in [0.05, 0.1) is 0 Å². The molecule has 2 aromatic rings. The number of pyridine rings is 1. The highest BCUT2D eigenvalue weighted by molar-refractivity contribution is 7.98. The Kier molecular flexibility index (Phi) is 1.99. The standard InChI is InChI=1S/C10H8N2S/c1-13-10-6-8-4-2-3-5-12(8)9(10)7-11/h2-6H,1H3. The third-order valence-corrected chi connectivity index (χ3v) is 2.72. The Hall–Kier alpha value is -1.40. The Balaban J connectivity index is 2.83. The third-order valence-electron chi connectivity index (χ3n) is 1.97. The largest absolute Gasteiger partial charge is 0.307 e. The van der Waals surface area contributed by atoms with Gasteiger partial charge in [0.15, 0.2) is 0 Å². The number of nitriles is 1. The molecule has 0 aliphatic heterocycles. The van der Waals surface area contributed by atoms with E-state index in [9.17, 15) is 0 Å². The van der Waals surface area contributed by atoms with Crippen molar-refractivity contribution in [1.29, 1.82) is 5.26 Å². The lowest BCUT2D eigenvalue weighted by Gasteiger charge is -1.93. The first-order valence-electron chi connectivity index (χ1n) is 3.91. The molecule has 0 aliphatic carbocycles. The highest BCUT2D eigenvalue weighted by Gasteiger charge is 2.06. The summed E-state index contributed by atoms with van der Waals surface area (Å²) in [5.41, 5.74) is 1.80. The highest BCUT2D eigenvalue weighted by atomic mass is 32.2. The molecule has 2 aromatic heterocycles. The van der Waals surface area contributed by atoms with E-state index >= 15 is 0 Å². The number of nitrogens with zero attached hydrogens (tertiary/aromatic N) is 2. The molecule has 64 valence electrons. The molecule has 0 saturated carbocycles. The highest BCUT2D eigenvalue weighted by Crippen LogP contribution is 2.23. The van der Waals surface area contributed by atoms with Crippen molar-refractivity contribution in [3.63, 3.8) is 0 Å². The van der Waals surface area contributed by atoms with E-state index in [2.05, 4.69) is 6.07 Å². The van der Waals surface area contributed by atoms with Gasteiger partial charge >= 0.3 is 0 Å². The summed E-state index contributed by atoms with van der Waals surface area (Å²) in [6.07, 6.45) is 3.89. The average molecular weight is 188 g/mol. The first-order chi connectivity index (χ1) is 6.36. The van der Waals surface area contributed by atoms with Crippen molar-refractivity contribution in [2.24, 2.45) is 0 Å². The molecule has 0 saturated heterocycles. The zero-order chi connectivity index (χ0) is 9.26. The summed E-state index contributed by atoms with van der Waals surface area (Å²) >= 11 is 1.60. The number of thioether (sulfide) groups is 1. The number of hydrogen-bond donors (Lipinski definition) is 0. The normalized spacial score (nSPS) is 10.2. The van der Waals surface area contributed by atoms with Crippen molar-refractivity contribution in [2.45, 2.75) is 4.90 Å². The summed E-state index contributed by atoms with van der Waals surface area (Å²) in [6.45, 7) is 0. The van der Waals surface area contributed by atoms with Crippen LogP contribution in [0, 0.1) is 11.3 Å². The molecular weight excluding hydrogens is 180 g/mol. The fourth-order valence-corrected chi connectivity index (χ4v) is 1.94. The monoisotopic (exact) mass is 188 g/mol. The van der Waals surface area contributed by atoms with Gasteiger partial charge in [-0.05, 0) is 24.5 Å². The molecule has 0 aromatic carbocycles. The predicted octanol–water partition coefficient (Wildman–Crippen LogP) is 2.53. The summed E-state index contributed by atoms with van der Waals surface area (Å²) in [7, 11) is 0. The van der Waals surface area contributed by atoms with Crippen LogP contribution in [-0.2, 0) is 0 Å². The van der Waals surface area contributed by atoms with Crippen LogP contribution in [0.5, 0.6) is 0 Å². The molecule has 0 aliphatic rings. The maximum atomic E-state index is 8.95. The lowest BCUT2D eigenvalue weighted by atomic mass is 10.4. The zero-order valence-corrected chi connectivity index (χ0v) is 8.01. The minimum absolute atomic E-state index is 0.725. The number of fused-ring (bicyclic) bond motifs is 1. The van der Waals surface area contributed by atoms with Crippen LogP contribution in [-0.4, -0.2) is 10.7 Å². The molecule has 0 fully saturated rings. The first kappa shape index (κ1) is 8.21. The van der Waals surface area contributed by atoms with Crippen LogP contribution in [0.15, 0.2) is 35.4 Å². The second-order valence-electron chi connectivity index (χ2n) is 2.67. The molecule has 0 atom stereocenters. The summed E-state index contributed by atoms with van der Waals surface area (Å²) < 4.78 is 1.91. The smallest absolute Gasteiger partial charge is 0.138 e. The van der Waals surface area contributed by atoms with Crippen molar-refractivity contribution in [1.82, 2.24) is 4.40 Å². The fourth-order valence-electron chi connectivity index (χ4n) is 1.36. The van der Waals surface area contributed by atoms with E-state index in [-0.39, 0.29) is 0 Å². The lowest BCUT2D eigenvalue weighted by Crippen LogP contribution is -1.86. The lowest BCUT2D eigenvalue weighted by molar-refractivity contribution is 1.13. The summed E-state index contributed by atoms with van der Waals surface area (Å²) in [5, 5.41) is 8.95. The second kappa shape index (κ2) is 3.15. The van der Waals surface area contributed by atoms with Gasteiger partial charge in [0.25, 0.3) is 0 Å². The fraction of sp³-hybridized carbons (Fsp3) is 0.100. The second-order valence-corrected chi connectivity index (χ2v) is 3.52. The van der Waals surface area contributed by atoms with E-state index in [4.69, 9.17) is 5.26 Å². The molecule has 0 spiro atoms. The minimum atomic E-state index is 0.725. The molecule has 3 heteroatoms. The Labute approximate surface area is 80.8 Å². The molecule has 0 unspecified atom stereocenters. The first-order valence-corrected chi connectivity index (χ1v) is 5.13. The topological polar surface area (TPSA) is 28.2 Å².